The lowest BCUT2D eigenvalue weighted by Gasteiger charge is -2.18. The Bertz CT molecular complexity index is 1060. The molecule has 1 aromatic heterocycles. The van der Waals surface area contributed by atoms with Crippen molar-refractivity contribution < 1.29 is 4.74 Å². The number of nitrogens with two attached hydrogens (primary N) is 1. The Kier molecular flexibility index (Phi) is 5.26. The topological polar surface area (TPSA) is 109 Å². The minimum atomic E-state index is 0.298. The molecule has 5 rings (SSSR count). The summed E-state index contributed by atoms with van der Waals surface area (Å²) in [5, 5.41) is 15.8. The van der Waals surface area contributed by atoms with E-state index in [2.05, 4.69) is 20.6 Å². The normalized spacial score (nSPS) is 22.1. The quantitative estimate of drug-likeness (QED) is 0.458. The van der Waals surface area contributed by atoms with Crippen molar-refractivity contribution >= 4 is 17.3 Å². The van der Waals surface area contributed by atoms with Gasteiger partial charge in [0, 0.05) is 11.6 Å². The maximum atomic E-state index is 8.79. The number of nitrogens with one attached hydrogen (secondary N) is 3. The summed E-state index contributed by atoms with van der Waals surface area (Å²) in [5.41, 5.74) is 7.77. The number of benzene rings is 2. The van der Waals surface area contributed by atoms with Crippen molar-refractivity contribution in [2.45, 2.75) is 18.9 Å². The van der Waals surface area contributed by atoms with Gasteiger partial charge in [0.25, 0.3) is 0 Å². The third-order valence-electron chi connectivity index (χ3n) is 6.24. The highest BCUT2D eigenvalue weighted by Crippen LogP contribution is 2.36. The van der Waals surface area contributed by atoms with Crippen molar-refractivity contribution in [2.75, 3.05) is 24.1 Å². The lowest BCUT2D eigenvalue weighted by Crippen LogP contribution is -2.23. The van der Waals surface area contributed by atoms with E-state index in [1.165, 1.54) is 6.33 Å². The standard InChI is InChI=1S/C24H26N6O/c25-22(15-6-8-20(9-7-15)31-19-4-2-1-3-5-19)21-23(26)28-14-29-24(21)30-18-10-16-12-27-13-17(16)11-18/h1-9,14,16-18,25,27H,10-13H2,(H3,26,28,29,30). The predicted octanol–water partition coefficient (Wildman–Crippen LogP) is 3.68. The first-order valence-corrected chi connectivity index (χ1v) is 10.7. The van der Waals surface area contributed by atoms with E-state index in [0.717, 1.165) is 49.1 Å². The average Bonchev–Trinajstić information content (AvgIpc) is 3.37. The molecule has 0 spiro atoms. The molecule has 3 aromatic rings. The van der Waals surface area contributed by atoms with Gasteiger partial charge in [0.2, 0.25) is 0 Å². The molecule has 31 heavy (non-hydrogen) atoms. The molecule has 2 unspecified atom stereocenters. The summed E-state index contributed by atoms with van der Waals surface area (Å²) in [6, 6.07) is 17.4. The van der Waals surface area contributed by atoms with Gasteiger partial charge >= 0.3 is 0 Å². The second-order valence-corrected chi connectivity index (χ2v) is 8.29. The number of para-hydroxylation sites is 1. The largest absolute Gasteiger partial charge is 0.457 e. The fourth-order valence-electron chi connectivity index (χ4n) is 4.69. The van der Waals surface area contributed by atoms with Gasteiger partial charge < -0.3 is 21.1 Å². The van der Waals surface area contributed by atoms with Gasteiger partial charge in [0.05, 0.1) is 11.3 Å². The van der Waals surface area contributed by atoms with E-state index >= 15 is 0 Å². The molecule has 0 bridgehead atoms. The van der Waals surface area contributed by atoms with Gasteiger partial charge in [0.15, 0.2) is 0 Å². The lowest BCUT2D eigenvalue weighted by molar-refractivity contribution is 0.482. The lowest BCUT2D eigenvalue weighted by atomic mass is 10.0. The van der Waals surface area contributed by atoms with Crippen LogP contribution in [0, 0.1) is 17.2 Å². The zero-order valence-corrected chi connectivity index (χ0v) is 17.2. The number of hydrogen-bond donors (Lipinski definition) is 4. The van der Waals surface area contributed by atoms with E-state index in [1.807, 2.05) is 54.6 Å². The van der Waals surface area contributed by atoms with Gasteiger partial charge in [-0.2, -0.15) is 0 Å². The Morgan fingerprint density at radius 2 is 1.65 bits per heavy atom. The van der Waals surface area contributed by atoms with Crippen molar-refractivity contribution in [1.29, 1.82) is 5.41 Å². The first-order valence-electron chi connectivity index (χ1n) is 10.7. The van der Waals surface area contributed by atoms with Crippen LogP contribution in [-0.4, -0.2) is 34.8 Å². The van der Waals surface area contributed by atoms with Gasteiger partial charge in [-0.15, -0.1) is 0 Å². The highest BCUT2D eigenvalue weighted by molar-refractivity contribution is 6.16. The Morgan fingerprint density at radius 3 is 2.35 bits per heavy atom. The number of fused-ring (bicyclic) bond motifs is 1. The Hall–Kier alpha value is -3.45. The SMILES string of the molecule is N=C(c1ccc(Oc2ccccc2)cc1)c1c(N)ncnc1NC1CC2CNCC2C1. The summed E-state index contributed by atoms with van der Waals surface area (Å²) in [6.07, 6.45) is 3.68. The van der Waals surface area contributed by atoms with Gasteiger partial charge in [0.1, 0.15) is 29.5 Å². The Labute approximate surface area is 181 Å². The van der Waals surface area contributed by atoms with E-state index in [9.17, 15) is 0 Å². The molecular weight excluding hydrogens is 388 g/mol. The van der Waals surface area contributed by atoms with Crippen LogP contribution in [0.5, 0.6) is 11.5 Å². The molecule has 1 saturated carbocycles. The molecule has 7 heteroatoms. The number of rotatable bonds is 6. The van der Waals surface area contributed by atoms with E-state index in [4.69, 9.17) is 15.9 Å². The third-order valence-corrected chi connectivity index (χ3v) is 6.24. The van der Waals surface area contributed by atoms with Crippen LogP contribution in [0.3, 0.4) is 0 Å². The number of nitrogen functional groups attached to an aromatic ring is 1. The van der Waals surface area contributed by atoms with Crippen LogP contribution >= 0.6 is 0 Å². The van der Waals surface area contributed by atoms with Gasteiger partial charge in [-0.05, 0) is 74.2 Å². The van der Waals surface area contributed by atoms with Crippen molar-refractivity contribution in [3.05, 3.63) is 72.1 Å². The Morgan fingerprint density at radius 1 is 0.968 bits per heavy atom. The number of ether oxygens (including phenoxy) is 1. The fraction of sp³-hybridized carbons (Fsp3) is 0.292. The molecule has 2 heterocycles. The minimum Gasteiger partial charge on any atom is -0.457 e. The van der Waals surface area contributed by atoms with Crippen LogP contribution in [-0.2, 0) is 0 Å². The molecule has 7 nitrogen and oxygen atoms in total. The molecule has 2 aliphatic rings. The summed E-state index contributed by atoms with van der Waals surface area (Å²) in [6.45, 7) is 2.18. The summed E-state index contributed by atoms with van der Waals surface area (Å²) < 4.78 is 5.85. The highest BCUT2D eigenvalue weighted by atomic mass is 16.5. The zero-order chi connectivity index (χ0) is 21.2. The number of nitrogens with zero attached hydrogens (tertiary/aromatic N) is 2. The average molecular weight is 415 g/mol. The van der Waals surface area contributed by atoms with Gasteiger partial charge in [-0.3, -0.25) is 5.41 Å². The van der Waals surface area contributed by atoms with Crippen LogP contribution in [0.2, 0.25) is 0 Å². The van der Waals surface area contributed by atoms with Crippen LogP contribution in [0.15, 0.2) is 60.9 Å². The van der Waals surface area contributed by atoms with Crippen LogP contribution in [0.25, 0.3) is 0 Å². The molecule has 158 valence electrons. The molecule has 1 aliphatic carbocycles. The summed E-state index contributed by atoms with van der Waals surface area (Å²) in [7, 11) is 0. The first kappa shape index (κ1) is 19.5. The molecule has 2 aromatic carbocycles. The summed E-state index contributed by atoms with van der Waals surface area (Å²) in [4.78, 5) is 8.58. The molecule has 1 saturated heterocycles. The second kappa shape index (κ2) is 8.35. The van der Waals surface area contributed by atoms with Crippen LogP contribution in [0.4, 0.5) is 11.6 Å². The predicted molar refractivity (Wildman–Crippen MR) is 122 cm³/mol. The zero-order valence-electron chi connectivity index (χ0n) is 17.2. The highest BCUT2D eigenvalue weighted by Gasteiger charge is 2.37. The van der Waals surface area contributed by atoms with Crippen molar-refractivity contribution in [2.24, 2.45) is 11.8 Å². The van der Waals surface area contributed by atoms with Crippen molar-refractivity contribution in [3.8, 4) is 11.5 Å². The van der Waals surface area contributed by atoms with E-state index in [0.29, 0.717) is 34.7 Å². The monoisotopic (exact) mass is 414 g/mol. The maximum absolute atomic E-state index is 8.79. The molecular formula is C24H26N6O. The minimum absolute atomic E-state index is 0.298. The van der Waals surface area contributed by atoms with E-state index < -0.39 is 0 Å². The fourth-order valence-corrected chi connectivity index (χ4v) is 4.69. The smallest absolute Gasteiger partial charge is 0.141 e. The number of anilines is 2. The molecule has 0 radical (unpaired) electrons. The summed E-state index contributed by atoms with van der Waals surface area (Å²) in [5.74, 6) is 3.87. The summed E-state index contributed by atoms with van der Waals surface area (Å²) >= 11 is 0. The second-order valence-electron chi connectivity index (χ2n) is 8.29. The van der Waals surface area contributed by atoms with Crippen molar-refractivity contribution in [1.82, 2.24) is 15.3 Å². The first-order chi connectivity index (χ1) is 15.2. The third kappa shape index (κ3) is 4.09. The molecule has 1 aliphatic heterocycles. The number of aromatic nitrogens is 2. The van der Waals surface area contributed by atoms with Crippen LogP contribution < -0.4 is 21.1 Å². The molecule has 5 N–H and O–H groups in total. The van der Waals surface area contributed by atoms with E-state index in [-0.39, 0.29) is 0 Å². The van der Waals surface area contributed by atoms with Gasteiger partial charge in [-0.1, -0.05) is 18.2 Å². The van der Waals surface area contributed by atoms with Crippen LogP contribution in [0.1, 0.15) is 24.0 Å². The molecule has 2 atom stereocenters. The molecule has 2 fully saturated rings. The van der Waals surface area contributed by atoms with E-state index in [1.54, 1.807) is 0 Å². The Balaban J connectivity index is 1.34. The maximum Gasteiger partial charge on any atom is 0.141 e. The number of hydrogen-bond acceptors (Lipinski definition) is 7. The van der Waals surface area contributed by atoms with Gasteiger partial charge in [-0.25, -0.2) is 9.97 Å². The van der Waals surface area contributed by atoms with Crippen molar-refractivity contribution in [3.63, 3.8) is 0 Å². The molecule has 0 amide bonds.